The predicted octanol–water partition coefficient (Wildman–Crippen LogP) is 6.47. The zero-order valence-electron chi connectivity index (χ0n) is 13.3. The number of nitrogens with one attached hydrogen (secondary N) is 1. The molecule has 0 saturated carbocycles. The Morgan fingerprint density at radius 2 is 1.92 bits per heavy atom. The third kappa shape index (κ3) is 4.20. The van der Waals surface area contributed by atoms with E-state index in [2.05, 4.69) is 16.4 Å². The highest BCUT2D eigenvalue weighted by Gasteiger charge is 2.07. The summed E-state index contributed by atoms with van der Waals surface area (Å²) in [6.07, 6.45) is 1.76. The zero-order valence-corrected chi connectivity index (χ0v) is 15.6. The second kappa shape index (κ2) is 7.43. The van der Waals surface area contributed by atoms with Gasteiger partial charge >= 0.3 is 0 Å². The summed E-state index contributed by atoms with van der Waals surface area (Å²) < 4.78 is 6.50. The summed E-state index contributed by atoms with van der Waals surface area (Å²) in [5, 5.41) is 3.86. The van der Waals surface area contributed by atoms with Crippen molar-refractivity contribution in [3.8, 4) is 11.5 Å². The van der Waals surface area contributed by atoms with Crippen molar-refractivity contribution in [2.45, 2.75) is 20.4 Å². The molecule has 3 nitrogen and oxygen atoms in total. The minimum Gasteiger partial charge on any atom is -0.456 e. The number of halogens is 2. The Hall–Kier alpha value is -1.75. The van der Waals surface area contributed by atoms with Gasteiger partial charge in [0, 0.05) is 16.8 Å². The number of ether oxygens (including phenoxy) is 1. The molecular formula is C18H16Cl2N2OS. The molecular weight excluding hydrogens is 363 g/mol. The molecule has 1 heterocycles. The summed E-state index contributed by atoms with van der Waals surface area (Å²) in [6, 6.07) is 11.8. The van der Waals surface area contributed by atoms with Crippen LogP contribution in [0, 0.1) is 13.8 Å². The van der Waals surface area contributed by atoms with Crippen molar-refractivity contribution in [3.63, 3.8) is 0 Å². The maximum Gasteiger partial charge on any atom is 0.183 e. The molecule has 0 aliphatic carbocycles. The summed E-state index contributed by atoms with van der Waals surface area (Å²) in [5.74, 6) is 1.45. The van der Waals surface area contributed by atoms with Gasteiger partial charge in [0.1, 0.15) is 11.5 Å². The van der Waals surface area contributed by atoms with E-state index in [-0.39, 0.29) is 0 Å². The number of hydrogen-bond donors (Lipinski definition) is 1. The first-order chi connectivity index (χ1) is 11.5. The monoisotopic (exact) mass is 378 g/mol. The van der Waals surface area contributed by atoms with Gasteiger partial charge in [0.2, 0.25) is 0 Å². The SMILES string of the molecule is Cc1ccc(C)c(Oc2ccc(NCc3cnc(Cl)s3)cc2Cl)c1. The molecule has 0 amide bonds. The summed E-state index contributed by atoms with van der Waals surface area (Å²) in [6.45, 7) is 4.70. The molecule has 0 aliphatic rings. The van der Waals surface area contributed by atoms with Crippen molar-refractivity contribution < 1.29 is 4.74 Å². The molecule has 1 aromatic heterocycles. The van der Waals surface area contributed by atoms with Gasteiger partial charge in [0.25, 0.3) is 0 Å². The van der Waals surface area contributed by atoms with Crippen molar-refractivity contribution in [1.82, 2.24) is 4.98 Å². The number of aryl methyl sites for hydroxylation is 2. The third-order valence-electron chi connectivity index (χ3n) is 3.49. The Labute approximate surface area is 155 Å². The lowest BCUT2D eigenvalue weighted by Gasteiger charge is -2.12. The second-order valence-corrected chi connectivity index (χ2v) is 7.55. The van der Waals surface area contributed by atoms with E-state index in [0.717, 1.165) is 27.4 Å². The fraction of sp³-hybridized carbons (Fsp3) is 0.167. The van der Waals surface area contributed by atoms with Crippen LogP contribution < -0.4 is 10.1 Å². The van der Waals surface area contributed by atoms with Gasteiger partial charge in [0.15, 0.2) is 4.47 Å². The summed E-state index contributed by atoms with van der Waals surface area (Å²) in [7, 11) is 0. The number of anilines is 1. The fourth-order valence-corrected chi connectivity index (χ4v) is 3.32. The molecule has 0 radical (unpaired) electrons. The molecule has 0 unspecified atom stereocenters. The van der Waals surface area contributed by atoms with Crippen molar-refractivity contribution in [1.29, 1.82) is 0 Å². The van der Waals surface area contributed by atoms with Crippen molar-refractivity contribution in [3.05, 3.63) is 68.1 Å². The van der Waals surface area contributed by atoms with E-state index in [4.69, 9.17) is 27.9 Å². The van der Waals surface area contributed by atoms with Crippen LogP contribution in [0.5, 0.6) is 11.5 Å². The first kappa shape index (κ1) is 17.1. The van der Waals surface area contributed by atoms with Gasteiger partial charge in [0.05, 0.1) is 11.6 Å². The van der Waals surface area contributed by atoms with Crippen LogP contribution in [0.2, 0.25) is 9.49 Å². The van der Waals surface area contributed by atoms with Gasteiger partial charge < -0.3 is 10.1 Å². The van der Waals surface area contributed by atoms with Crippen LogP contribution in [0.3, 0.4) is 0 Å². The summed E-state index contributed by atoms with van der Waals surface area (Å²) in [5.41, 5.74) is 3.13. The van der Waals surface area contributed by atoms with E-state index in [1.54, 1.807) is 6.20 Å². The predicted molar refractivity (Wildman–Crippen MR) is 102 cm³/mol. The van der Waals surface area contributed by atoms with E-state index >= 15 is 0 Å². The Morgan fingerprint density at radius 1 is 1.08 bits per heavy atom. The molecule has 0 bridgehead atoms. The minimum atomic E-state index is 0.544. The minimum absolute atomic E-state index is 0.544. The number of hydrogen-bond acceptors (Lipinski definition) is 4. The Morgan fingerprint density at radius 3 is 2.62 bits per heavy atom. The number of thiazole rings is 1. The van der Waals surface area contributed by atoms with Crippen LogP contribution in [-0.4, -0.2) is 4.98 Å². The maximum atomic E-state index is 6.36. The standard InChI is InChI=1S/C18H16Cl2N2OS/c1-11-3-4-12(2)17(7-11)23-16-6-5-13(8-15(16)19)21-9-14-10-22-18(20)24-14/h3-8,10,21H,9H2,1-2H3. The Bertz CT molecular complexity index is 864. The molecule has 0 aliphatic heterocycles. The highest BCUT2D eigenvalue weighted by molar-refractivity contribution is 7.15. The molecule has 0 fully saturated rings. The van der Waals surface area contributed by atoms with Crippen LogP contribution in [-0.2, 0) is 6.54 Å². The van der Waals surface area contributed by atoms with Crippen molar-refractivity contribution >= 4 is 40.2 Å². The third-order valence-corrected chi connectivity index (χ3v) is 4.90. The second-order valence-electron chi connectivity index (χ2n) is 5.45. The zero-order chi connectivity index (χ0) is 17.1. The first-order valence-electron chi connectivity index (χ1n) is 7.40. The van der Waals surface area contributed by atoms with Crippen LogP contribution in [0.15, 0.2) is 42.6 Å². The highest BCUT2D eigenvalue weighted by Crippen LogP contribution is 2.33. The molecule has 24 heavy (non-hydrogen) atoms. The van der Waals surface area contributed by atoms with Crippen molar-refractivity contribution in [2.75, 3.05) is 5.32 Å². The van der Waals surface area contributed by atoms with Gasteiger partial charge in [-0.3, -0.25) is 0 Å². The topological polar surface area (TPSA) is 34.1 Å². The van der Waals surface area contributed by atoms with Crippen LogP contribution in [0.1, 0.15) is 16.0 Å². The van der Waals surface area contributed by atoms with Gasteiger partial charge in [-0.15, -0.1) is 11.3 Å². The highest BCUT2D eigenvalue weighted by atomic mass is 35.5. The lowest BCUT2D eigenvalue weighted by atomic mass is 10.1. The largest absolute Gasteiger partial charge is 0.456 e. The van der Waals surface area contributed by atoms with E-state index in [1.165, 1.54) is 11.3 Å². The normalized spacial score (nSPS) is 10.7. The Kier molecular flexibility index (Phi) is 5.29. The van der Waals surface area contributed by atoms with Gasteiger partial charge in [-0.05, 0) is 49.2 Å². The fourth-order valence-electron chi connectivity index (χ4n) is 2.18. The average molecular weight is 379 g/mol. The lowest BCUT2D eigenvalue weighted by Crippen LogP contribution is -1.97. The van der Waals surface area contributed by atoms with Crippen LogP contribution in [0.25, 0.3) is 0 Å². The lowest BCUT2D eigenvalue weighted by molar-refractivity contribution is 0.479. The van der Waals surface area contributed by atoms with E-state index in [9.17, 15) is 0 Å². The van der Waals surface area contributed by atoms with Gasteiger partial charge in [-0.1, -0.05) is 35.3 Å². The van der Waals surface area contributed by atoms with Gasteiger partial charge in [-0.2, -0.15) is 0 Å². The maximum absolute atomic E-state index is 6.36. The molecule has 1 N–H and O–H groups in total. The molecule has 3 rings (SSSR count). The number of nitrogens with zero attached hydrogens (tertiary/aromatic N) is 1. The number of rotatable bonds is 5. The van der Waals surface area contributed by atoms with Gasteiger partial charge in [-0.25, -0.2) is 4.98 Å². The number of benzene rings is 2. The average Bonchev–Trinajstić information content (AvgIpc) is 2.96. The summed E-state index contributed by atoms with van der Waals surface area (Å²) >= 11 is 13.6. The molecule has 2 aromatic carbocycles. The van der Waals surface area contributed by atoms with Crippen molar-refractivity contribution in [2.24, 2.45) is 0 Å². The molecule has 3 aromatic rings. The van der Waals surface area contributed by atoms with E-state index < -0.39 is 0 Å². The van der Waals surface area contributed by atoms with E-state index in [0.29, 0.717) is 21.8 Å². The summed E-state index contributed by atoms with van der Waals surface area (Å²) in [4.78, 5) is 5.08. The molecule has 0 atom stereocenters. The molecule has 0 saturated heterocycles. The van der Waals surface area contributed by atoms with Crippen LogP contribution in [0.4, 0.5) is 5.69 Å². The van der Waals surface area contributed by atoms with Crippen LogP contribution >= 0.6 is 34.5 Å². The van der Waals surface area contributed by atoms with E-state index in [1.807, 2.05) is 44.2 Å². The number of aromatic nitrogens is 1. The Balaban J connectivity index is 1.71. The smallest absolute Gasteiger partial charge is 0.183 e. The molecule has 6 heteroatoms. The molecule has 0 spiro atoms. The molecule has 124 valence electrons. The first-order valence-corrected chi connectivity index (χ1v) is 8.97. The quantitative estimate of drug-likeness (QED) is 0.552.